The molecule has 0 atom stereocenters. The number of rotatable bonds is 1. The number of aromatic hydroxyl groups is 3. The fraction of sp³-hybridized carbons (Fsp3) is 0.200. The summed E-state index contributed by atoms with van der Waals surface area (Å²) in [5, 5.41) is 29.1. The van der Waals surface area contributed by atoms with Crippen LogP contribution in [0.2, 0.25) is 0 Å². The molecule has 2 rings (SSSR count). The lowest BCUT2D eigenvalue weighted by molar-refractivity contribution is 0.451. The number of benzene rings is 2. The first kappa shape index (κ1) is 12.3. The molecule has 2 aromatic carbocycles. The first-order valence-corrected chi connectivity index (χ1v) is 5.74. The maximum atomic E-state index is 9.90. The standard InChI is InChI=1S/C15H16O3/c1-8-6-13(9(2)10(3)15(8)18)12-5-4-11(16)7-14(12)17/h4-7,16-18H,1-3H3. The Labute approximate surface area is 106 Å². The van der Waals surface area contributed by atoms with Crippen LogP contribution in [-0.2, 0) is 0 Å². The molecule has 0 unspecified atom stereocenters. The summed E-state index contributed by atoms with van der Waals surface area (Å²) in [6.07, 6.45) is 0. The number of phenolic OH excluding ortho intramolecular Hbond substituents is 3. The fourth-order valence-corrected chi connectivity index (χ4v) is 2.10. The average Bonchev–Trinajstić information content (AvgIpc) is 2.32. The minimum Gasteiger partial charge on any atom is -0.508 e. The van der Waals surface area contributed by atoms with Crippen LogP contribution in [0.15, 0.2) is 24.3 Å². The van der Waals surface area contributed by atoms with Crippen molar-refractivity contribution in [1.29, 1.82) is 0 Å². The van der Waals surface area contributed by atoms with E-state index in [2.05, 4.69) is 0 Å². The predicted octanol–water partition coefficient (Wildman–Crippen LogP) is 3.40. The van der Waals surface area contributed by atoms with Gasteiger partial charge in [-0.3, -0.25) is 0 Å². The molecule has 2 aromatic rings. The van der Waals surface area contributed by atoms with Crippen molar-refractivity contribution in [3.8, 4) is 28.4 Å². The van der Waals surface area contributed by atoms with E-state index in [4.69, 9.17) is 0 Å². The van der Waals surface area contributed by atoms with Crippen LogP contribution < -0.4 is 0 Å². The van der Waals surface area contributed by atoms with Gasteiger partial charge >= 0.3 is 0 Å². The highest BCUT2D eigenvalue weighted by Crippen LogP contribution is 2.38. The second-order valence-corrected chi connectivity index (χ2v) is 4.54. The molecule has 0 aromatic heterocycles. The van der Waals surface area contributed by atoms with Crippen molar-refractivity contribution in [2.45, 2.75) is 20.8 Å². The number of aryl methyl sites for hydroxylation is 1. The van der Waals surface area contributed by atoms with Crippen LogP contribution in [0.3, 0.4) is 0 Å². The molecule has 0 radical (unpaired) electrons. The van der Waals surface area contributed by atoms with Crippen molar-refractivity contribution in [2.75, 3.05) is 0 Å². The summed E-state index contributed by atoms with van der Waals surface area (Å²) in [6.45, 7) is 5.57. The highest BCUT2D eigenvalue weighted by Gasteiger charge is 2.13. The molecule has 3 nitrogen and oxygen atoms in total. The van der Waals surface area contributed by atoms with Crippen LogP contribution in [0.5, 0.6) is 17.2 Å². The van der Waals surface area contributed by atoms with Crippen LogP contribution in [-0.4, -0.2) is 15.3 Å². The second kappa shape index (κ2) is 4.26. The van der Waals surface area contributed by atoms with Crippen LogP contribution in [0, 0.1) is 20.8 Å². The van der Waals surface area contributed by atoms with Gasteiger partial charge in [-0.2, -0.15) is 0 Å². The molecular formula is C15H16O3. The second-order valence-electron chi connectivity index (χ2n) is 4.54. The Kier molecular flexibility index (Phi) is 2.91. The highest BCUT2D eigenvalue weighted by atomic mass is 16.3. The van der Waals surface area contributed by atoms with Gasteiger partial charge < -0.3 is 15.3 Å². The van der Waals surface area contributed by atoms with Gasteiger partial charge in [-0.05, 0) is 61.2 Å². The molecule has 0 aliphatic rings. The molecule has 94 valence electrons. The first-order valence-electron chi connectivity index (χ1n) is 5.74. The normalized spacial score (nSPS) is 10.6. The molecule has 3 N–H and O–H groups in total. The summed E-state index contributed by atoms with van der Waals surface area (Å²) >= 11 is 0. The lowest BCUT2D eigenvalue weighted by Gasteiger charge is -2.14. The lowest BCUT2D eigenvalue weighted by atomic mass is 9.93. The Hall–Kier alpha value is -2.16. The van der Waals surface area contributed by atoms with Gasteiger partial charge in [0.05, 0.1) is 0 Å². The molecule has 0 aliphatic heterocycles. The van der Waals surface area contributed by atoms with E-state index in [0.717, 1.165) is 22.3 Å². The Bertz CT molecular complexity index is 616. The van der Waals surface area contributed by atoms with Crippen molar-refractivity contribution in [3.05, 3.63) is 41.0 Å². The lowest BCUT2D eigenvalue weighted by Crippen LogP contribution is -1.91. The van der Waals surface area contributed by atoms with Crippen molar-refractivity contribution in [3.63, 3.8) is 0 Å². The van der Waals surface area contributed by atoms with Gasteiger partial charge in [0, 0.05) is 11.6 Å². The predicted molar refractivity (Wildman–Crippen MR) is 71.1 cm³/mol. The fourth-order valence-electron chi connectivity index (χ4n) is 2.10. The van der Waals surface area contributed by atoms with Gasteiger partial charge in [-0.25, -0.2) is 0 Å². The van der Waals surface area contributed by atoms with Gasteiger partial charge in [-0.1, -0.05) is 0 Å². The molecule has 0 bridgehead atoms. The van der Waals surface area contributed by atoms with Crippen LogP contribution in [0.4, 0.5) is 0 Å². The van der Waals surface area contributed by atoms with E-state index in [1.165, 1.54) is 12.1 Å². The zero-order chi connectivity index (χ0) is 13.4. The summed E-state index contributed by atoms with van der Waals surface area (Å²) < 4.78 is 0. The molecule has 0 heterocycles. The van der Waals surface area contributed by atoms with Crippen molar-refractivity contribution < 1.29 is 15.3 Å². The molecule has 0 amide bonds. The Morgan fingerprint density at radius 1 is 0.778 bits per heavy atom. The van der Waals surface area contributed by atoms with Gasteiger partial charge in [0.15, 0.2) is 0 Å². The van der Waals surface area contributed by atoms with Crippen LogP contribution in [0.1, 0.15) is 16.7 Å². The minimum absolute atomic E-state index is 0.0288. The number of hydrogen-bond donors (Lipinski definition) is 3. The third-order valence-electron chi connectivity index (χ3n) is 3.33. The molecule has 0 fully saturated rings. The van der Waals surface area contributed by atoms with Gasteiger partial charge in [0.1, 0.15) is 17.2 Å². The maximum absolute atomic E-state index is 9.90. The summed E-state index contributed by atoms with van der Waals surface area (Å²) in [7, 11) is 0. The Morgan fingerprint density at radius 2 is 1.44 bits per heavy atom. The average molecular weight is 244 g/mol. The van der Waals surface area contributed by atoms with Gasteiger partial charge in [0.25, 0.3) is 0 Å². The zero-order valence-corrected chi connectivity index (χ0v) is 10.7. The monoisotopic (exact) mass is 244 g/mol. The number of phenols is 3. The SMILES string of the molecule is Cc1cc(-c2ccc(O)cc2O)c(C)c(C)c1O. The Morgan fingerprint density at radius 3 is 2.06 bits per heavy atom. The van der Waals surface area contributed by atoms with Crippen molar-refractivity contribution >= 4 is 0 Å². The highest BCUT2D eigenvalue weighted by molar-refractivity contribution is 5.76. The largest absolute Gasteiger partial charge is 0.508 e. The van der Waals surface area contributed by atoms with Crippen LogP contribution in [0.25, 0.3) is 11.1 Å². The first-order chi connectivity index (χ1) is 8.41. The van der Waals surface area contributed by atoms with E-state index >= 15 is 0 Å². The van der Waals surface area contributed by atoms with E-state index in [0.29, 0.717) is 5.56 Å². The molecule has 0 saturated carbocycles. The molecule has 3 heteroatoms. The third-order valence-corrected chi connectivity index (χ3v) is 3.33. The molecule has 0 aliphatic carbocycles. The molecule has 0 spiro atoms. The molecular weight excluding hydrogens is 228 g/mol. The number of hydrogen-bond acceptors (Lipinski definition) is 3. The molecule has 0 saturated heterocycles. The summed E-state index contributed by atoms with van der Waals surface area (Å²) in [6, 6.07) is 6.35. The van der Waals surface area contributed by atoms with Crippen molar-refractivity contribution in [2.24, 2.45) is 0 Å². The van der Waals surface area contributed by atoms with Crippen LogP contribution >= 0.6 is 0 Å². The van der Waals surface area contributed by atoms with Gasteiger partial charge in [-0.15, -0.1) is 0 Å². The summed E-state index contributed by atoms with van der Waals surface area (Å²) in [5.74, 6) is 0.346. The van der Waals surface area contributed by atoms with E-state index in [1.807, 2.05) is 26.8 Å². The van der Waals surface area contributed by atoms with Gasteiger partial charge in [0.2, 0.25) is 0 Å². The summed E-state index contributed by atoms with van der Waals surface area (Å²) in [4.78, 5) is 0. The van der Waals surface area contributed by atoms with E-state index in [-0.39, 0.29) is 17.2 Å². The van der Waals surface area contributed by atoms with E-state index in [9.17, 15) is 15.3 Å². The topological polar surface area (TPSA) is 60.7 Å². The van der Waals surface area contributed by atoms with Crippen molar-refractivity contribution in [1.82, 2.24) is 0 Å². The Balaban J connectivity index is 2.72. The smallest absolute Gasteiger partial charge is 0.127 e. The molecule has 18 heavy (non-hydrogen) atoms. The minimum atomic E-state index is 0.0288. The van der Waals surface area contributed by atoms with E-state index in [1.54, 1.807) is 6.07 Å². The quantitative estimate of drug-likeness (QED) is 0.720. The van der Waals surface area contributed by atoms with E-state index < -0.39 is 0 Å². The zero-order valence-electron chi connectivity index (χ0n) is 10.7. The maximum Gasteiger partial charge on any atom is 0.127 e. The third kappa shape index (κ3) is 1.88. The summed E-state index contributed by atoms with van der Waals surface area (Å²) in [5.41, 5.74) is 3.99.